The van der Waals surface area contributed by atoms with Crippen LogP contribution < -0.4 is 5.56 Å². The zero-order valence-corrected chi connectivity index (χ0v) is 16.0. The monoisotopic (exact) mass is 390 g/mol. The zero-order chi connectivity index (χ0) is 19.6. The van der Waals surface area contributed by atoms with Gasteiger partial charge in [-0.1, -0.05) is 6.07 Å². The summed E-state index contributed by atoms with van der Waals surface area (Å²) in [6.45, 7) is 3.53. The molecule has 9 nitrogen and oxygen atoms in total. The lowest BCUT2D eigenvalue weighted by Gasteiger charge is -2.31. The minimum Gasteiger partial charge on any atom is -0.314 e. The van der Waals surface area contributed by atoms with E-state index in [1.54, 1.807) is 27.6 Å². The minimum atomic E-state index is 0.0522. The Hall–Kier alpha value is -3.33. The standard InChI is InChI=1S/C20H22N8O/c29-19-4-1-2-10-26(19)15-14-25-12-7-16(8-13-25)20-23-22-17-5-6-18(24-28(17)20)27-11-3-9-21-27/h1-6,9-11,16H,7-8,12-15H2. The van der Waals surface area contributed by atoms with Gasteiger partial charge in [-0.25, -0.2) is 4.68 Å². The molecule has 0 unspecified atom stereocenters. The third kappa shape index (κ3) is 3.56. The van der Waals surface area contributed by atoms with Crippen molar-refractivity contribution >= 4 is 5.65 Å². The third-order valence-electron chi connectivity index (χ3n) is 5.52. The molecule has 0 amide bonds. The second-order valence-electron chi connectivity index (χ2n) is 7.32. The fraction of sp³-hybridized carbons (Fsp3) is 0.350. The van der Waals surface area contributed by atoms with E-state index in [2.05, 4.69) is 20.2 Å². The maximum absolute atomic E-state index is 11.8. The van der Waals surface area contributed by atoms with E-state index in [1.165, 1.54) is 0 Å². The molecular formula is C20H22N8O. The Morgan fingerprint density at radius 3 is 2.66 bits per heavy atom. The molecular weight excluding hydrogens is 368 g/mol. The van der Waals surface area contributed by atoms with Gasteiger partial charge < -0.3 is 9.47 Å². The second-order valence-corrected chi connectivity index (χ2v) is 7.32. The van der Waals surface area contributed by atoms with Crippen molar-refractivity contribution in [2.24, 2.45) is 0 Å². The first-order valence-electron chi connectivity index (χ1n) is 9.88. The molecule has 5 rings (SSSR count). The van der Waals surface area contributed by atoms with Gasteiger partial charge in [0.1, 0.15) is 0 Å². The predicted molar refractivity (Wildman–Crippen MR) is 107 cm³/mol. The number of pyridine rings is 1. The quantitative estimate of drug-likeness (QED) is 0.511. The molecule has 0 spiro atoms. The molecule has 0 aromatic carbocycles. The van der Waals surface area contributed by atoms with Crippen LogP contribution >= 0.6 is 0 Å². The Balaban J connectivity index is 1.27. The van der Waals surface area contributed by atoms with Crippen LogP contribution in [0.1, 0.15) is 24.6 Å². The molecule has 1 fully saturated rings. The highest BCUT2D eigenvalue weighted by Gasteiger charge is 2.25. The van der Waals surface area contributed by atoms with E-state index >= 15 is 0 Å². The van der Waals surface area contributed by atoms with Gasteiger partial charge in [0.2, 0.25) is 0 Å². The number of hydrogen-bond donors (Lipinski definition) is 0. The molecule has 148 valence electrons. The first-order valence-corrected chi connectivity index (χ1v) is 9.88. The molecule has 4 aromatic rings. The number of likely N-dealkylation sites (tertiary alicyclic amines) is 1. The van der Waals surface area contributed by atoms with Crippen LogP contribution in [0.4, 0.5) is 0 Å². The van der Waals surface area contributed by atoms with Crippen molar-refractivity contribution in [3.63, 3.8) is 0 Å². The summed E-state index contributed by atoms with van der Waals surface area (Å²) in [5.41, 5.74) is 0.804. The largest absolute Gasteiger partial charge is 0.314 e. The van der Waals surface area contributed by atoms with Gasteiger partial charge in [-0.2, -0.15) is 9.61 Å². The Morgan fingerprint density at radius 1 is 0.966 bits per heavy atom. The molecule has 9 heteroatoms. The van der Waals surface area contributed by atoms with Gasteiger partial charge in [-0.05, 0) is 50.2 Å². The molecule has 0 bridgehead atoms. The zero-order valence-electron chi connectivity index (χ0n) is 16.0. The molecule has 0 atom stereocenters. The maximum Gasteiger partial charge on any atom is 0.250 e. The Morgan fingerprint density at radius 2 is 1.86 bits per heavy atom. The summed E-state index contributed by atoms with van der Waals surface area (Å²) < 4.78 is 5.34. The van der Waals surface area contributed by atoms with E-state index in [0.717, 1.165) is 49.8 Å². The van der Waals surface area contributed by atoms with E-state index < -0.39 is 0 Å². The number of hydrogen-bond acceptors (Lipinski definition) is 6. The number of aromatic nitrogens is 7. The van der Waals surface area contributed by atoms with Gasteiger partial charge in [0.25, 0.3) is 5.56 Å². The highest BCUT2D eigenvalue weighted by molar-refractivity contribution is 5.39. The van der Waals surface area contributed by atoms with Gasteiger partial charge in [-0.15, -0.1) is 15.3 Å². The van der Waals surface area contributed by atoms with Crippen molar-refractivity contribution in [3.8, 4) is 5.82 Å². The van der Waals surface area contributed by atoms with Crippen LogP contribution in [-0.2, 0) is 6.54 Å². The number of nitrogens with zero attached hydrogens (tertiary/aromatic N) is 8. The van der Waals surface area contributed by atoms with Gasteiger partial charge >= 0.3 is 0 Å². The predicted octanol–water partition coefficient (Wildman–Crippen LogP) is 1.35. The minimum absolute atomic E-state index is 0.0522. The number of piperidine rings is 1. The fourth-order valence-electron chi connectivity index (χ4n) is 3.89. The van der Waals surface area contributed by atoms with Crippen LogP contribution in [0.25, 0.3) is 11.5 Å². The fourth-order valence-corrected chi connectivity index (χ4v) is 3.89. The van der Waals surface area contributed by atoms with Crippen molar-refractivity contribution < 1.29 is 0 Å². The van der Waals surface area contributed by atoms with Crippen molar-refractivity contribution in [3.05, 3.63) is 71.2 Å². The lowest BCUT2D eigenvalue weighted by Crippen LogP contribution is -2.37. The van der Waals surface area contributed by atoms with E-state index in [4.69, 9.17) is 5.10 Å². The van der Waals surface area contributed by atoms with Crippen molar-refractivity contribution in [1.82, 2.24) is 39.1 Å². The van der Waals surface area contributed by atoms with E-state index in [1.807, 2.05) is 41.2 Å². The summed E-state index contributed by atoms with van der Waals surface area (Å²) in [6, 6.07) is 11.0. The van der Waals surface area contributed by atoms with E-state index in [0.29, 0.717) is 12.5 Å². The normalized spacial score (nSPS) is 15.9. The lowest BCUT2D eigenvalue weighted by atomic mass is 9.96. The third-order valence-corrected chi connectivity index (χ3v) is 5.52. The van der Waals surface area contributed by atoms with Gasteiger partial charge in [-0.3, -0.25) is 4.79 Å². The number of rotatable bonds is 5. The highest BCUT2D eigenvalue weighted by Crippen LogP contribution is 2.26. The average Bonchev–Trinajstić information content (AvgIpc) is 3.43. The van der Waals surface area contributed by atoms with E-state index in [9.17, 15) is 4.79 Å². The molecule has 5 heterocycles. The molecule has 1 aliphatic rings. The second kappa shape index (κ2) is 7.59. The smallest absolute Gasteiger partial charge is 0.250 e. The summed E-state index contributed by atoms with van der Waals surface area (Å²) in [6.07, 6.45) is 7.45. The molecule has 1 saturated heterocycles. The lowest BCUT2D eigenvalue weighted by molar-refractivity contribution is 0.201. The Labute approximate surface area is 167 Å². The van der Waals surface area contributed by atoms with Gasteiger partial charge in [0.05, 0.1) is 0 Å². The van der Waals surface area contributed by atoms with Crippen LogP contribution in [0.2, 0.25) is 0 Å². The topological polar surface area (TPSA) is 86.1 Å². The van der Waals surface area contributed by atoms with Crippen LogP contribution in [0, 0.1) is 0 Å². The Bertz CT molecular complexity index is 1150. The van der Waals surface area contributed by atoms with Gasteiger partial charge in [0.15, 0.2) is 17.3 Å². The summed E-state index contributed by atoms with van der Waals surface area (Å²) in [7, 11) is 0. The van der Waals surface area contributed by atoms with Crippen molar-refractivity contribution in [1.29, 1.82) is 0 Å². The average molecular weight is 390 g/mol. The highest BCUT2D eigenvalue weighted by atomic mass is 16.1. The molecule has 0 N–H and O–H groups in total. The molecule has 0 aliphatic carbocycles. The SMILES string of the molecule is O=c1ccccn1CCN1CCC(c2nnc3ccc(-n4cccn4)nn23)CC1. The molecule has 4 aromatic heterocycles. The molecule has 29 heavy (non-hydrogen) atoms. The first kappa shape index (κ1) is 17.7. The molecule has 0 radical (unpaired) electrons. The summed E-state index contributed by atoms with van der Waals surface area (Å²) in [5.74, 6) is 1.98. The van der Waals surface area contributed by atoms with Crippen LogP contribution in [0.15, 0.2) is 59.8 Å². The number of fused-ring (bicyclic) bond motifs is 1. The van der Waals surface area contributed by atoms with E-state index in [-0.39, 0.29) is 5.56 Å². The van der Waals surface area contributed by atoms with Crippen molar-refractivity contribution in [2.45, 2.75) is 25.3 Å². The summed E-state index contributed by atoms with van der Waals surface area (Å²) in [4.78, 5) is 14.3. The van der Waals surface area contributed by atoms with Crippen LogP contribution in [0.5, 0.6) is 0 Å². The van der Waals surface area contributed by atoms with Crippen LogP contribution in [-0.4, -0.2) is 58.7 Å². The summed E-state index contributed by atoms with van der Waals surface area (Å²) >= 11 is 0. The molecule has 0 saturated carbocycles. The molecule has 1 aliphatic heterocycles. The Kier molecular flexibility index (Phi) is 4.65. The summed E-state index contributed by atoms with van der Waals surface area (Å²) in [5, 5.41) is 17.7. The van der Waals surface area contributed by atoms with Crippen LogP contribution in [0.3, 0.4) is 0 Å². The van der Waals surface area contributed by atoms with Gasteiger partial charge in [0, 0.05) is 43.7 Å². The maximum atomic E-state index is 11.8. The first-order chi connectivity index (χ1) is 14.3. The van der Waals surface area contributed by atoms with Crippen molar-refractivity contribution in [2.75, 3.05) is 19.6 Å².